The number of nitrogens with zero attached hydrogens (tertiary/aromatic N) is 1. The molecule has 21 heavy (non-hydrogen) atoms. The number of carbonyl (C=O) groups is 1. The number of ether oxygens (including phenoxy) is 1. The molecule has 0 saturated heterocycles. The topological polar surface area (TPSA) is 71.5 Å². The number of hydrogen-bond donors (Lipinski definition) is 2. The third-order valence-corrected chi connectivity index (χ3v) is 3.73. The van der Waals surface area contributed by atoms with Crippen LogP contribution in [-0.2, 0) is 4.74 Å². The van der Waals surface area contributed by atoms with Crippen LogP contribution in [0.1, 0.15) is 35.2 Å². The van der Waals surface area contributed by atoms with Crippen LogP contribution < -0.4 is 5.32 Å². The van der Waals surface area contributed by atoms with Gasteiger partial charge in [0, 0.05) is 38.2 Å². The molecular weight excluding hydrogens is 268 g/mol. The molecule has 1 aliphatic carbocycles. The van der Waals surface area contributed by atoms with Gasteiger partial charge in [-0.15, -0.1) is 0 Å². The molecule has 0 unspecified atom stereocenters. The third kappa shape index (κ3) is 4.55. The van der Waals surface area contributed by atoms with Gasteiger partial charge in [0.1, 0.15) is 6.61 Å². The largest absolute Gasteiger partial charge is 0.385 e. The number of aliphatic hydroxyl groups is 1. The number of methoxy groups -OCH3 is 1. The predicted octanol–water partition coefficient (Wildman–Crippen LogP) is 0.972. The molecule has 2 rings (SSSR count). The van der Waals surface area contributed by atoms with E-state index in [4.69, 9.17) is 9.84 Å². The highest BCUT2D eigenvalue weighted by molar-refractivity contribution is 5.94. The maximum Gasteiger partial charge on any atom is 0.252 e. The summed E-state index contributed by atoms with van der Waals surface area (Å²) in [5.74, 6) is 5.14. The Kier molecular flexibility index (Phi) is 5.32. The van der Waals surface area contributed by atoms with Crippen molar-refractivity contribution in [2.45, 2.75) is 19.3 Å². The van der Waals surface area contributed by atoms with Gasteiger partial charge in [0.15, 0.2) is 0 Å². The summed E-state index contributed by atoms with van der Waals surface area (Å²) in [4.78, 5) is 16.1. The first kappa shape index (κ1) is 15.5. The molecule has 0 atom stereocenters. The van der Waals surface area contributed by atoms with Crippen molar-refractivity contribution in [2.75, 3.05) is 26.9 Å². The van der Waals surface area contributed by atoms with Crippen molar-refractivity contribution in [2.24, 2.45) is 5.41 Å². The molecule has 1 saturated carbocycles. The van der Waals surface area contributed by atoms with Gasteiger partial charge in [0.25, 0.3) is 5.91 Å². The molecule has 5 heteroatoms. The van der Waals surface area contributed by atoms with E-state index in [1.165, 1.54) is 6.20 Å². The lowest BCUT2D eigenvalue weighted by molar-refractivity contribution is 0.0937. The zero-order valence-electron chi connectivity index (χ0n) is 12.2. The molecule has 112 valence electrons. The van der Waals surface area contributed by atoms with Crippen LogP contribution in [0, 0.1) is 17.3 Å². The first-order valence-electron chi connectivity index (χ1n) is 7.01. The molecule has 1 aromatic heterocycles. The monoisotopic (exact) mass is 288 g/mol. The second kappa shape index (κ2) is 7.21. The van der Waals surface area contributed by atoms with Crippen molar-refractivity contribution in [3.63, 3.8) is 0 Å². The molecule has 1 aromatic rings. The van der Waals surface area contributed by atoms with Crippen LogP contribution in [0.4, 0.5) is 0 Å². The lowest BCUT2D eigenvalue weighted by Gasteiger charge is -2.15. The van der Waals surface area contributed by atoms with E-state index >= 15 is 0 Å². The van der Waals surface area contributed by atoms with E-state index < -0.39 is 0 Å². The SMILES string of the molecule is COCCC1(CNC(=O)c2cncc(C#CCO)c2)CC1. The summed E-state index contributed by atoms with van der Waals surface area (Å²) in [7, 11) is 1.69. The fourth-order valence-electron chi connectivity index (χ4n) is 2.15. The molecule has 1 heterocycles. The van der Waals surface area contributed by atoms with E-state index in [1.54, 1.807) is 19.4 Å². The standard InChI is InChI=1S/C16H20N2O3/c1-21-8-6-16(4-5-16)12-18-15(20)14-9-13(3-2-7-19)10-17-11-14/h9-11,19H,4-8,12H2,1H3,(H,18,20). The Bertz CT molecular complexity index is 556. The van der Waals surface area contributed by atoms with Gasteiger partial charge in [-0.3, -0.25) is 9.78 Å². The summed E-state index contributed by atoms with van der Waals surface area (Å²) in [5, 5.41) is 11.6. The molecule has 0 aliphatic heterocycles. The Hall–Kier alpha value is -1.90. The van der Waals surface area contributed by atoms with Crippen LogP contribution in [-0.4, -0.2) is 42.9 Å². The van der Waals surface area contributed by atoms with Gasteiger partial charge in [-0.1, -0.05) is 11.8 Å². The van der Waals surface area contributed by atoms with Crippen LogP contribution in [0.3, 0.4) is 0 Å². The molecule has 2 N–H and O–H groups in total. The van der Waals surface area contributed by atoms with E-state index in [-0.39, 0.29) is 17.9 Å². The van der Waals surface area contributed by atoms with Crippen LogP contribution in [0.25, 0.3) is 0 Å². The number of carbonyl (C=O) groups excluding carboxylic acids is 1. The second-order valence-electron chi connectivity index (χ2n) is 5.35. The van der Waals surface area contributed by atoms with Gasteiger partial charge in [-0.2, -0.15) is 0 Å². The molecule has 5 nitrogen and oxygen atoms in total. The van der Waals surface area contributed by atoms with Gasteiger partial charge in [0.05, 0.1) is 5.56 Å². The maximum absolute atomic E-state index is 12.1. The smallest absolute Gasteiger partial charge is 0.252 e. The van der Waals surface area contributed by atoms with Crippen LogP contribution in [0.2, 0.25) is 0 Å². The van der Waals surface area contributed by atoms with Crippen molar-refractivity contribution >= 4 is 5.91 Å². The maximum atomic E-state index is 12.1. The van der Waals surface area contributed by atoms with E-state index in [0.29, 0.717) is 17.7 Å². The van der Waals surface area contributed by atoms with Gasteiger partial charge in [-0.05, 0) is 30.7 Å². The molecule has 0 radical (unpaired) electrons. The summed E-state index contributed by atoms with van der Waals surface area (Å²) in [6.07, 6.45) is 6.34. The third-order valence-electron chi connectivity index (χ3n) is 3.73. The minimum atomic E-state index is -0.210. The summed E-state index contributed by atoms with van der Waals surface area (Å²) >= 11 is 0. The van der Waals surface area contributed by atoms with E-state index in [0.717, 1.165) is 25.9 Å². The van der Waals surface area contributed by atoms with Crippen LogP contribution >= 0.6 is 0 Å². The lowest BCUT2D eigenvalue weighted by atomic mass is 10.0. The summed E-state index contributed by atoms with van der Waals surface area (Å²) in [6.45, 7) is 1.18. The van der Waals surface area contributed by atoms with Crippen LogP contribution in [0.5, 0.6) is 0 Å². The van der Waals surface area contributed by atoms with Gasteiger partial charge in [0.2, 0.25) is 0 Å². The molecule has 1 amide bonds. The number of pyridine rings is 1. The average Bonchev–Trinajstić information content (AvgIpc) is 3.29. The molecule has 1 aliphatic rings. The fourth-order valence-corrected chi connectivity index (χ4v) is 2.15. The van der Waals surface area contributed by atoms with E-state index in [2.05, 4.69) is 22.1 Å². The average molecular weight is 288 g/mol. The van der Waals surface area contributed by atoms with Gasteiger partial charge < -0.3 is 15.2 Å². The highest BCUT2D eigenvalue weighted by atomic mass is 16.5. The van der Waals surface area contributed by atoms with Crippen molar-refractivity contribution in [3.05, 3.63) is 29.6 Å². The van der Waals surface area contributed by atoms with Crippen molar-refractivity contribution in [3.8, 4) is 11.8 Å². The van der Waals surface area contributed by atoms with Crippen molar-refractivity contribution in [1.82, 2.24) is 10.3 Å². The fraction of sp³-hybridized carbons (Fsp3) is 0.500. The highest BCUT2D eigenvalue weighted by Crippen LogP contribution is 2.48. The summed E-state index contributed by atoms with van der Waals surface area (Å²) in [6, 6.07) is 1.68. The van der Waals surface area contributed by atoms with Crippen LogP contribution in [0.15, 0.2) is 18.5 Å². The summed E-state index contributed by atoms with van der Waals surface area (Å²) < 4.78 is 5.10. The quantitative estimate of drug-likeness (QED) is 0.765. The number of nitrogens with one attached hydrogen (secondary N) is 1. The normalized spacial score (nSPS) is 15.0. The van der Waals surface area contributed by atoms with Gasteiger partial charge >= 0.3 is 0 Å². The molecule has 1 fully saturated rings. The van der Waals surface area contributed by atoms with Crippen molar-refractivity contribution in [1.29, 1.82) is 0 Å². The molecule has 0 spiro atoms. The Balaban J connectivity index is 1.91. The number of amides is 1. The lowest BCUT2D eigenvalue weighted by Crippen LogP contribution is -2.30. The zero-order valence-corrected chi connectivity index (χ0v) is 12.2. The zero-order chi connectivity index (χ0) is 15.1. The summed E-state index contributed by atoms with van der Waals surface area (Å²) in [5.41, 5.74) is 1.33. The molecule has 0 bridgehead atoms. The first-order valence-corrected chi connectivity index (χ1v) is 7.01. The Labute approximate surface area is 124 Å². The second-order valence-corrected chi connectivity index (χ2v) is 5.35. The number of aliphatic hydroxyl groups excluding tert-OH is 1. The number of aromatic nitrogens is 1. The number of hydrogen-bond acceptors (Lipinski definition) is 4. The van der Waals surface area contributed by atoms with E-state index in [9.17, 15) is 4.79 Å². The van der Waals surface area contributed by atoms with Gasteiger partial charge in [-0.25, -0.2) is 0 Å². The highest BCUT2D eigenvalue weighted by Gasteiger charge is 2.42. The van der Waals surface area contributed by atoms with Crippen molar-refractivity contribution < 1.29 is 14.6 Å². The minimum absolute atomic E-state index is 0.140. The molecular formula is C16H20N2O3. The minimum Gasteiger partial charge on any atom is -0.385 e. The number of rotatable bonds is 6. The Morgan fingerprint density at radius 1 is 1.52 bits per heavy atom. The molecule has 0 aromatic carbocycles. The Morgan fingerprint density at radius 3 is 3.00 bits per heavy atom. The van der Waals surface area contributed by atoms with E-state index in [1.807, 2.05) is 0 Å². The Morgan fingerprint density at radius 2 is 2.33 bits per heavy atom. The predicted molar refractivity (Wildman–Crippen MR) is 78.7 cm³/mol. The first-order chi connectivity index (χ1) is 10.2.